The predicted molar refractivity (Wildman–Crippen MR) is 75.5 cm³/mol. The summed E-state index contributed by atoms with van der Waals surface area (Å²) in [5.41, 5.74) is 0.00719. The van der Waals surface area contributed by atoms with E-state index in [4.69, 9.17) is 0 Å². The predicted octanol–water partition coefficient (Wildman–Crippen LogP) is 3.32. The number of ether oxygens (including phenoxy) is 2. The van der Waals surface area contributed by atoms with E-state index in [9.17, 15) is 27.2 Å². The molecule has 5 nitrogen and oxygen atoms in total. The van der Waals surface area contributed by atoms with Crippen LogP contribution in [-0.2, 0) is 9.59 Å². The van der Waals surface area contributed by atoms with Gasteiger partial charge < -0.3 is 9.47 Å². The Morgan fingerprint density at radius 2 is 1.40 bits per heavy atom. The average molecular weight is 359 g/mol. The summed E-state index contributed by atoms with van der Waals surface area (Å²) in [6.07, 6.45) is -6.78. The molecule has 1 saturated carbocycles. The van der Waals surface area contributed by atoms with Crippen molar-refractivity contribution in [2.24, 2.45) is 11.8 Å². The molecule has 2 unspecified atom stereocenters. The van der Waals surface area contributed by atoms with Crippen LogP contribution in [0.4, 0.5) is 23.2 Å². The Morgan fingerprint density at radius 3 is 1.96 bits per heavy atom. The van der Waals surface area contributed by atoms with Crippen LogP contribution < -0.4 is 14.4 Å². The molecule has 9 heteroatoms. The van der Waals surface area contributed by atoms with Crippen LogP contribution in [0, 0.1) is 11.8 Å². The second-order valence-corrected chi connectivity index (χ2v) is 6.38. The van der Waals surface area contributed by atoms with E-state index in [0.717, 1.165) is 29.9 Å². The third-order valence-electron chi connectivity index (χ3n) is 4.84. The molecular weight excluding hydrogens is 346 g/mol. The van der Waals surface area contributed by atoms with Crippen molar-refractivity contribution in [2.75, 3.05) is 4.90 Å². The van der Waals surface area contributed by atoms with Crippen LogP contribution in [0.2, 0.25) is 0 Å². The van der Waals surface area contributed by atoms with Crippen molar-refractivity contribution >= 4 is 17.5 Å². The molecule has 1 aliphatic carbocycles. The number of halogens is 4. The van der Waals surface area contributed by atoms with E-state index in [1.165, 1.54) is 6.07 Å². The minimum Gasteiger partial charge on any atom is -0.421 e. The number of hydrogen-bond acceptors (Lipinski definition) is 4. The highest BCUT2D eigenvalue weighted by Gasteiger charge is 2.66. The van der Waals surface area contributed by atoms with Crippen molar-refractivity contribution < 1.29 is 36.6 Å². The molecular formula is C16H13F4NO4. The van der Waals surface area contributed by atoms with Gasteiger partial charge in [0.05, 0.1) is 17.5 Å². The van der Waals surface area contributed by atoms with Crippen molar-refractivity contribution in [3.8, 4) is 11.5 Å². The first-order valence-corrected chi connectivity index (χ1v) is 7.87. The number of fused-ring (bicyclic) bond motifs is 2. The fourth-order valence-electron chi connectivity index (χ4n) is 3.61. The van der Waals surface area contributed by atoms with Crippen LogP contribution in [0.25, 0.3) is 0 Å². The monoisotopic (exact) mass is 359 g/mol. The van der Waals surface area contributed by atoms with Crippen LogP contribution in [0.15, 0.2) is 18.2 Å². The summed E-state index contributed by atoms with van der Waals surface area (Å²) in [6.45, 7) is 0. The molecule has 0 N–H and O–H groups in total. The first-order valence-electron chi connectivity index (χ1n) is 7.87. The molecule has 0 spiro atoms. The van der Waals surface area contributed by atoms with E-state index >= 15 is 0 Å². The lowest BCUT2D eigenvalue weighted by molar-refractivity contribution is -0.391. The number of alkyl halides is 4. The quantitative estimate of drug-likeness (QED) is 0.570. The Bertz CT molecular complexity index is 743. The number of imide groups is 1. The van der Waals surface area contributed by atoms with Crippen molar-refractivity contribution in [3.63, 3.8) is 0 Å². The van der Waals surface area contributed by atoms with Gasteiger partial charge in [-0.25, -0.2) is 4.90 Å². The van der Waals surface area contributed by atoms with Crippen molar-refractivity contribution in [1.82, 2.24) is 0 Å². The van der Waals surface area contributed by atoms with E-state index in [2.05, 4.69) is 9.47 Å². The van der Waals surface area contributed by atoms with E-state index < -0.39 is 47.4 Å². The van der Waals surface area contributed by atoms with Gasteiger partial charge >= 0.3 is 12.2 Å². The molecule has 2 atom stereocenters. The fourth-order valence-corrected chi connectivity index (χ4v) is 3.61. The molecule has 3 aliphatic rings. The van der Waals surface area contributed by atoms with Gasteiger partial charge in [0.25, 0.3) is 0 Å². The zero-order valence-corrected chi connectivity index (χ0v) is 12.8. The number of carbonyl (C=O) groups is 2. The van der Waals surface area contributed by atoms with Gasteiger partial charge in [0.15, 0.2) is 11.5 Å². The minimum absolute atomic E-state index is 0.00719. The number of nitrogens with zero attached hydrogens (tertiary/aromatic N) is 1. The van der Waals surface area contributed by atoms with E-state index in [0.29, 0.717) is 12.8 Å². The first kappa shape index (κ1) is 16.2. The second kappa shape index (κ2) is 5.09. The van der Waals surface area contributed by atoms with E-state index in [1.54, 1.807) is 0 Å². The maximum absolute atomic E-state index is 13.3. The van der Waals surface area contributed by atoms with E-state index in [1.807, 2.05) is 0 Å². The summed E-state index contributed by atoms with van der Waals surface area (Å²) in [5, 5.41) is 0. The molecule has 1 saturated heterocycles. The van der Waals surface area contributed by atoms with Crippen molar-refractivity contribution in [3.05, 3.63) is 18.2 Å². The van der Waals surface area contributed by atoms with Crippen molar-refractivity contribution in [2.45, 2.75) is 37.9 Å². The number of anilines is 1. The highest BCUT2D eigenvalue weighted by atomic mass is 19.3. The lowest BCUT2D eigenvalue weighted by atomic mass is 9.81. The van der Waals surface area contributed by atoms with Crippen LogP contribution in [0.3, 0.4) is 0 Å². The number of rotatable bonds is 1. The topological polar surface area (TPSA) is 55.8 Å². The van der Waals surface area contributed by atoms with Gasteiger partial charge in [-0.2, -0.15) is 17.6 Å². The number of carbonyl (C=O) groups excluding carboxylic acids is 2. The lowest BCUT2D eigenvalue weighted by Gasteiger charge is -2.32. The van der Waals surface area contributed by atoms with Gasteiger partial charge in [-0.05, 0) is 25.0 Å². The molecule has 0 aromatic heterocycles. The average Bonchev–Trinajstić information content (AvgIpc) is 2.80. The fraction of sp³-hybridized carbons (Fsp3) is 0.500. The molecule has 2 heterocycles. The Labute approximate surface area is 139 Å². The highest BCUT2D eigenvalue weighted by Crippen LogP contribution is 2.49. The molecule has 1 aromatic rings. The summed E-state index contributed by atoms with van der Waals surface area (Å²) in [6, 6.07) is 3.14. The maximum Gasteiger partial charge on any atom is 0.507 e. The van der Waals surface area contributed by atoms with Gasteiger partial charge in [-0.15, -0.1) is 0 Å². The molecule has 1 aromatic carbocycles. The van der Waals surface area contributed by atoms with Gasteiger partial charge in [0, 0.05) is 6.07 Å². The lowest BCUT2D eigenvalue weighted by Crippen LogP contribution is -2.52. The summed E-state index contributed by atoms with van der Waals surface area (Å²) in [5.74, 6) is -2.87. The summed E-state index contributed by atoms with van der Waals surface area (Å²) in [4.78, 5) is 26.0. The first-order chi connectivity index (χ1) is 11.7. The molecule has 134 valence electrons. The summed E-state index contributed by atoms with van der Waals surface area (Å²) < 4.78 is 61.1. The summed E-state index contributed by atoms with van der Waals surface area (Å²) in [7, 11) is 0. The third-order valence-corrected chi connectivity index (χ3v) is 4.84. The van der Waals surface area contributed by atoms with Gasteiger partial charge in [0.2, 0.25) is 11.8 Å². The smallest absolute Gasteiger partial charge is 0.421 e. The minimum atomic E-state index is -4.86. The molecule has 2 aliphatic heterocycles. The van der Waals surface area contributed by atoms with Crippen LogP contribution >= 0.6 is 0 Å². The molecule has 25 heavy (non-hydrogen) atoms. The molecule has 0 bridgehead atoms. The Morgan fingerprint density at radius 1 is 0.880 bits per heavy atom. The molecule has 0 radical (unpaired) electrons. The number of benzene rings is 1. The highest BCUT2D eigenvalue weighted by molar-refractivity contribution is 6.22. The van der Waals surface area contributed by atoms with Crippen LogP contribution in [0.5, 0.6) is 11.5 Å². The van der Waals surface area contributed by atoms with Gasteiger partial charge in [-0.1, -0.05) is 12.8 Å². The molecule has 4 rings (SSSR count). The molecule has 2 fully saturated rings. The Balaban J connectivity index is 1.69. The Hall–Kier alpha value is -2.32. The van der Waals surface area contributed by atoms with Crippen LogP contribution in [0.1, 0.15) is 25.7 Å². The van der Waals surface area contributed by atoms with Gasteiger partial charge in [0.1, 0.15) is 0 Å². The third kappa shape index (κ3) is 2.28. The van der Waals surface area contributed by atoms with E-state index in [-0.39, 0.29) is 5.69 Å². The van der Waals surface area contributed by atoms with Crippen LogP contribution in [-0.4, -0.2) is 24.0 Å². The van der Waals surface area contributed by atoms with Gasteiger partial charge in [-0.3, -0.25) is 9.59 Å². The second-order valence-electron chi connectivity index (χ2n) is 6.38. The maximum atomic E-state index is 13.3. The summed E-state index contributed by atoms with van der Waals surface area (Å²) >= 11 is 0. The number of hydrogen-bond donors (Lipinski definition) is 0. The Kier molecular flexibility index (Phi) is 3.29. The van der Waals surface area contributed by atoms with Crippen molar-refractivity contribution in [1.29, 1.82) is 0 Å². The standard InChI is InChI=1S/C16H13F4NO4/c17-15(18)16(19,20)25-12-7-8(5-6-11(12)24-15)21-13(22)9-3-1-2-4-10(9)14(21)23/h5-7,9-10H,1-4H2. The zero-order chi connectivity index (χ0) is 18.0. The SMILES string of the molecule is O=C1C2CCCCC2C(=O)N1c1ccc2c(c1)OC(F)(F)C(F)(F)O2. The normalized spacial score (nSPS) is 29.5. The zero-order valence-electron chi connectivity index (χ0n) is 12.8. The number of amides is 2. The largest absolute Gasteiger partial charge is 0.507 e. The molecule has 2 amide bonds.